The number of nitrogens with one attached hydrogen (secondary N) is 1. The van der Waals surface area contributed by atoms with E-state index in [-0.39, 0.29) is 0 Å². The maximum absolute atomic E-state index is 15.4. The monoisotopic (exact) mass is 1240 g/mol. The van der Waals surface area contributed by atoms with Gasteiger partial charge >= 0.3 is 0 Å². The molecule has 0 aliphatic rings. The molecule has 0 aliphatic carbocycles. The van der Waals surface area contributed by atoms with Gasteiger partial charge in [-0.05, 0) is 19.3 Å². The fourth-order valence-electron chi connectivity index (χ4n) is 11.2. The first kappa shape index (κ1) is 72.2. The summed E-state index contributed by atoms with van der Waals surface area (Å²) < 4.78 is 296. The van der Waals surface area contributed by atoms with Gasteiger partial charge in [-0.2, -0.15) is 0 Å². The fraction of sp³-hybridized carbons (Fsp3) is 0.565. The van der Waals surface area contributed by atoms with Gasteiger partial charge in [0, 0.05) is 6.42 Å². The van der Waals surface area contributed by atoms with Gasteiger partial charge in [0.25, 0.3) is 5.82 Å². The fourth-order valence-corrected chi connectivity index (χ4v) is 11.2. The van der Waals surface area contributed by atoms with E-state index in [1.54, 1.807) is 0 Å². The van der Waals surface area contributed by atoms with Crippen LogP contribution in [0.4, 0.5) is 87.8 Å². The number of rotatable bonds is 37. The molecule has 0 aliphatic heterocycles. The minimum absolute atomic E-state index is 1.20. The normalized spacial score (nSPS) is 11.8. The van der Waals surface area contributed by atoms with Crippen LogP contribution in [0, 0.1) is 116 Å². The summed E-state index contributed by atoms with van der Waals surface area (Å²) in [5, 5.41) is 0. The van der Waals surface area contributed by atoms with Gasteiger partial charge in [-0.3, -0.25) is 0 Å². The zero-order chi connectivity index (χ0) is 63.0. The van der Waals surface area contributed by atoms with Crippen LogP contribution in [0.15, 0.2) is 12.4 Å². The highest BCUT2D eigenvalue weighted by atomic mass is 19.2. The van der Waals surface area contributed by atoms with Crippen molar-refractivity contribution in [1.82, 2.24) is 4.98 Å². The molecule has 85 heavy (non-hydrogen) atoms. The Hall–Kier alpha value is -5.25. The van der Waals surface area contributed by atoms with E-state index in [4.69, 9.17) is 0 Å². The lowest BCUT2D eigenvalue weighted by Crippen LogP contribution is -2.81. The molecule has 0 fully saturated rings. The second-order valence-electron chi connectivity index (χ2n) is 21.9. The summed E-state index contributed by atoms with van der Waals surface area (Å²) in [6.45, 7) is 5.82. The molecule has 476 valence electrons. The molecular weight excluding hydrogens is 1160 g/mol. The van der Waals surface area contributed by atoms with E-state index in [1.807, 2.05) is 0 Å². The van der Waals surface area contributed by atoms with E-state index in [2.05, 4.69) is 35.8 Å². The van der Waals surface area contributed by atoms with E-state index in [9.17, 15) is 52.7 Å². The minimum atomic E-state index is -7.22. The Balaban J connectivity index is 0.000000368. The lowest BCUT2D eigenvalue weighted by molar-refractivity contribution is -0.703. The first-order valence-electron chi connectivity index (χ1n) is 29.9. The van der Waals surface area contributed by atoms with Crippen molar-refractivity contribution in [3.63, 3.8) is 0 Å². The second kappa shape index (κ2) is 36.2. The van der Waals surface area contributed by atoms with Crippen LogP contribution in [0.3, 0.4) is 0 Å². The zero-order valence-electron chi connectivity index (χ0n) is 48.1. The Labute approximate surface area is 484 Å². The number of benzene rings is 4. The molecule has 0 radical (unpaired) electrons. The summed E-state index contributed by atoms with van der Waals surface area (Å²) in [6, 6.07) is 0. The molecule has 0 amide bonds. The predicted octanol–water partition coefficient (Wildman–Crippen LogP) is 18.8. The molecule has 4 aromatic carbocycles. The third-order valence-corrected chi connectivity index (χ3v) is 15.8. The molecule has 5 rings (SSSR count). The molecule has 0 bridgehead atoms. The summed E-state index contributed by atoms with van der Waals surface area (Å²) in [5.74, 6) is -70.0. The number of halogens is 20. The Morgan fingerprint density at radius 2 is 0.447 bits per heavy atom. The molecule has 0 atom stereocenters. The van der Waals surface area contributed by atoms with Crippen LogP contribution >= 0.6 is 0 Å². The van der Waals surface area contributed by atoms with Gasteiger partial charge in [-0.1, -0.05) is 194 Å². The van der Waals surface area contributed by atoms with Gasteiger partial charge in [0.05, 0.1) is 6.54 Å². The maximum atomic E-state index is 15.4. The molecule has 1 N–H and O–H groups in total. The van der Waals surface area contributed by atoms with Crippen LogP contribution in [0.25, 0.3) is 0 Å². The number of nitrogens with zero attached hydrogens (tertiary/aromatic N) is 1. The van der Waals surface area contributed by atoms with Crippen molar-refractivity contribution in [3.8, 4) is 0 Å². The van der Waals surface area contributed by atoms with Crippen molar-refractivity contribution in [2.24, 2.45) is 0 Å². The highest BCUT2D eigenvalue weighted by Gasteiger charge is 2.52. The number of H-pyrrole nitrogens is 1. The van der Waals surface area contributed by atoms with E-state index >= 15 is 35.1 Å². The smallest absolute Gasteiger partial charge is 0.248 e. The van der Waals surface area contributed by atoms with Crippen molar-refractivity contribution >= 4 is 28.0 Å². The number of unbranched alkanes of at least 4 members (excludes halogenated alkanes) is 29. The standard InChI is InChI=1S/C38H74N2.C24BF20/c1-3-5-7-9-11-13-15-17-19-21-23-25-27-29-31-33-36-40-37-35-39-38(40)34-32-30-28-26-24-22-20-18-16-14-12-10-8-6-4-2;26-5-1(6(27)14(35)21(42)13(5)34)25(2-7(28)15(36)22(43)16(37)8(2)29,3-9(30)17(38)23(44)18(39)10(3)31)4-11(32)19(40)24(45)20(41)12(4)33/h35,37H,3-34,36H2,1-2H3;/q;-1/p+1. The van der Waals surface area contributed by atoms with E-state index in [0.29, 0.717) is 0 Å². The molecule has 0 unspecified atom stereocenters. The van der Waals surface area contributed by atoms with Crippen LogP contribution in [0.5, 0.6) is 0 Å². The van der Waals surface area contributed by atoms with Crippen LogP contribution in [0.1, 0.15) is 219 Å². The molecular formula is C62H75BF20N2. The highest BCUT2D eigenvalue weighted by molar-refractivity contribution is 7.20. The molecule has 0 saturated carbocycles. The maximum Gasteiger partial charge on any atom is 0.254 e. The average Bonchev–Trinajstić information content (AvgIpc) is 0.901. The average molecular weight is 1240 g/mol. The SMILES string of the molecule is CCCCCCCCCCCCCCCCCC[n+]1cc[nH]c1CCCCCCCCCCCCCCCCC.Fc1c(F)c(F)c([B-](c2c(F)c(F)c(F)c(F)c2F)(c2c(F)c(F)c(F)c(F)c2F)c2c(F)c(F)c(F)c(F)c2F)c(F)c1F. The van der Waals surface area contributed by atoms with Crippen molar-refractivity contribution in [1.29, 1.82) is 0 Å². The summed E-state index contributed by atoms with van der Waals surface area (Å²) in [5.41, 5.74) is -14.3. The first-order chi connectivity index (χ1) is 40.6. The van der Waals surface area contributed by atoms with Gasteiger partial charge in [0.2, 0.25) is 0 Å². The molecule has 2 nitrogen and oxygen atoms in total. The third kappa shape index (κ3) is 18.2. The quantitative estimate of drug-likeness (QED) is 0.0102. The first-order valence-corrected chi connectivity index (χ1v) is 29.9. The molecule has 1 aromatic heterocycles. The van der Waals surface area contributed by atoms with Crippen LogP contribution in [0.2, 0.25) is 0 Å². The van der Waals surface area contributed by atoms with E-state index < -0.39 is 144 Å². The van der Waals surface area contributed by atoms with Crippen LogP contribution < -0.4 is 26.4 Å². The van der Waals surface area contributed by atoms with Gasteiger partial charge in [0.1, 0.15) is 65.1 Å². The molecule has 0 spiro atoms. The molecule has 0 saturated heterocycles. The number of hydrogen-bond acceptors (Lipinski definition) is 0. The Kier molecular flexibility index (Phi) is 30.7. The predicted molar refractivity (Wildman–Crippen MR) is 288 cm³/mol. The van der Waals surface area contributed by atoms with Crippen molar-refractivity contribution < 1.29 is 92.4 Å². The van der Waals surface area contributed by atoms with E-state index in [0.717, 1.165) is 0 Å². The van der Waals surface area contributed by atoms with Crippen molar-refractivity contribution in [2.75, 3.05) is 0 Å². The van der Waals surface area contributed by atoms with Gasteiger partial charge < -0.3 is 0 Å². The minimum Gasteiger partial charge on any atom is -0.248 e. The van der Waals surface area contributed by atoms with Crippen LogP contribution in [-0.2, 0) is 13.0 Å². The van der Waals surface area contributed by atoms with Crippen molar-refractivity contribution in [3.05, 3.63) is 135 Å². The number of aromatic nitrogens is 2. The zero-order valence-corrected chi connectivity index (χ0v) is 48.1. The number of aromatic amines is 1. The number of imidazole rings is 1. The topological polar surface area (TPSA) is 19.7 Å². The molecule has 23 heteroatoms. The Morgan fingerprint density at radius 1 is 0.259 bits per heavy atom. The van der Waals surface area contributed by atoms with Gasteiger partial charge in [-0.25, -0.2) is 97.4 Å². The lowest BCUT2D eigenvalue weighted by Gasteiger charge is -2.44. The second-order valence-corrected chi connectivity index (χ2v) is 21.9. The summed E-state index contributed by atoms with van der Waals surface area (Å²) in [4.78, 5) is 3.52. The van der Waals surface area contributed by atoms with Gasteiger partial charge in [-0.15, -0.1) is 21.9 Å². The summed E-state index contributed by atoms with van der Waals surface area (Å²) >= 11 is 0. The summed E-state index contributed by atoms with van der Waals surface area (Å²) in [7, 11) is 0. The largest absolute Gasteiger partial charge is 0.254 e. The summed E-state index contributed by atoms with van der Waals surface area (Å²) in [6.07, 6.45) is 43.2. The molecule has 5 aromatic rings. The molecule has 1 heterocycles. The Morgan fingerprint density at radius 3 is 0.671 bits per heavy atom. The van der Waals surface area contributed by atoms with Crippen molar-refractivity contribution in [2.45, 2.75) is 226 Å². The number of hydrogen-bond donors (Lipinski definition) is 1. The Bertz CT molecular complexity index is 2510. The third-order valence-electron chi connectivity index (χ3n) is 15.8. The van der Waals surface area contributed by atoms with Gasteiger partial charge in [0.15, 0.2) is 69.8 Å². The van der Waals surface area contributed by atoms with Crippen LogP contribution in [-0.4, -0.2) is 11.1 Å². The highest BCUT2D eigenvalue weighted by Crippen LogP contribution is 2.31. The lowest BCUT2D eigenvalue weighted by atomic mass is 9.12. The van der Waals surface area contributed by atoms with E-state index in [1.165, 1.54) is 218 Å². The number of aryl methyl sites for hydroxylation is 2.